The highest BCUT2D eigenvalue weighted by Crippen LogP contribution is 2.32. The third-order valence-corrected chi connectivity index (χ3v) is 4.51. The van der Waals surface area contributed by atoms with E-state index in [2.05, 4.69) is 10.6 Å². The highest BCUT2D eigenvalue weighted by Gasteiger charge is 2.18. The molecule has 0 bridgehead atoms. The second kappa shape index (κ2) is 9.12. The van der Waals surface area contributed by atoms with E-state index >= 15 is 0 Å². The number of nitrogens with one attached hydrogen (secondary N) is 2. The summed E-state index contributed by atoms with van der Waals surface area (Å²) >= 11 is 0. The number of hydrogen-bond acceptors (Lipinski definition) is 5. The minimum Gasteiger partial charge on any atom is -0.493 e. The maximum absolute atomic E-state index is 11.9. The molecular weight excluding hydrogens is 348 g/mol. The Morgan fingerprint density at radius 1 is 1.15 bits per heavy atom. The van der Waals surface area contributed by atoms with Gasteiger partial charge >= 0.3 is 0 Å². The molecule has 2 N–H and O–H groups in total. The van der Waals surface area contributed by atoms with Crippen LogP contribution in [0.5, 0.6) is 11.5 Å². The standard InChI is InChI=1S/C20H24N2O5/c1-25-18-10-14(6-7-17(18)27-16-4-2-3-5-16)11-21-19(23)12-22-20(24)15-8-9-26-13-15/h6-10,13,16H,2-5,11-12H2,1H3,(H,21,23)(H,22,24). The molecule has 1 fully saturated rings. The van der Waals surface area contributed by atoms with Crippen LogP contribution in [0, 0.1) is 0 Å². The quantitative estimate of drug-likeness (QED) is 0.744. The minimum absolute atomic E-state index is 0.107. The van der Waals surface area contributed by atoms with Gasteiger partial charge in [-0.3, -0.25) is 9.59 Å². The Morgan fingerprint density at radius 3 is 2.67 bits per heavy atom. The van der Waals surface area contributed by atoms with Gasteiger partial charge in [-0.1, -0.05) is 6.07 Å². The van der Waals surface area contributed by atoms with Gasteiger partial charge in [0.05, 0.1) is 31.6 Å². The van der Waals surface area contributed by atoms with E-state index in [9.17, 15) is 9.59 Å². The van der Waals surface area contributed by atoms with Gasteiger partial charge < -0.3 is 24.5 Å². The van der Waals surface area contributed by atoms with E-state index < -0.39 is 0 Å². The molecule has 1 aliphatic rings. The summed E-state index contributed by atoms with van der Waals surface area (Å²) < 4.78 is 16.3. The van der Waals surface area contributed by atoms with Crippen LogP contribution in [0.25, 0.3) is 0 Å². The van der Waals surface area contributed by atoms with Crippen LogP contribution >= 0.6 is 0 Å². The van der Waals surface area contributed by atoms with Gasteiger partial charge in [-0.15, -0.1) is 0 Å². The van der Waals surface area contributed by atoms with Crippen molar-refractivity contribution in [2.24, 2.45) is 0 Å². The molecule has 2 aromatic rings. The maximum Gasteiger partial charge on any atom is 0.254 e. The number of carbonyl (C=O) groups excluding carboxylic acids is 2. The van der Waals surface area contributed by atoms with Crippen molar-refractivity contribution in [2.45, 2.75) is 38.3 Å². The van der Waals surface area contributed by atoms with E-state index in [1.807, 2.05) is 18.2 Å². The van der Waals surface area contributed by atoms with Crippen LogP contribution < -0.4 is 20.1 Å². The largest absolute Gasteiger partial charge is 0.493 e. The fraction of sp³-hybridized carbons (Fsp3) is 0.400. The van der Waals surface area contributed by atoms with Gasteiger partial charge in [0, 0.05) is 6.54 Å². The number of carbonyl (C=O) groups is 2. The molecule has 1 aromatic heterocycles. The summed E-state index contributed by atoms with van der Waals surface area (Å²) in [5.74, 6) is 0.750. The summed E-state index contributed by atoms with van der Waals surface area (Å²) in [7, 11) is 1.60. The summed E-state index contributed by atoms with van der Waals surface area (Å²) in [5.41, 5.74) is 1.27. The van der Waals surface area contributed by atoms with Gasteiger partial charge in [0.25, 0.3) is 5.91 Å². The van der Waals surface area contributed by atoms with Gasteiger partial charge in [0.2, 0.25) is 5.91 Å². The zero-order chi connectivity index (χ0) is 19.1. The monoisotopic (exact) mass is 372 g/mol. The van der Waals surface area contributed by atoms with Crippen molar-refractivity contribution in [1.82, 2.24) is 10.6 Å². The highest BCUT2D eigenvalue weighted by molar-refractivity contribution is 5.96. The summed E-state index contributed by atoms with van der Waals surface area (Å²) in [6.45, 7) is 0.227. The molecule has 1 aromatic carbocycles. The molecular formula is C20H24N2O5. The fourth-order valence-electron chi connectivity index (χ4n) is 3.02. The average molecular weight is 372 g/mol. The first-order valence-corrected chi connectivity index (χ1v) is 9.06. The minimum atomic E-state index is -0.353. The zero-order valence-corrected chi connectivity index (χ0v) is 15.3. The Bertz CT molecular complexity index is 767. The number of methoxy groups -OCH3 is 1. The highest BCUT2D eigenvalue weighted by atomic mass is 16.5. The Balaban J connectivity index is 1.48. The molecule has 2 amide bonds. The molecule has 0 spiro atoms. The molecule has 0 atom stereocenters. The molecule has 0 unspecified atom stereocenters. The molecule has 1 aliphatic carbocycles. The third-order valence-electron chi connectivity index (χ3n) is 4.51. The predicted octanol–water partition coefficient (Wildman–Crippen LogP) is 2.66. The van der Waals surface area contributed by atoms with Gasteiger partial charge in [0.15, 0.2) is 11.5 Å². The van der Waals surface area contributed by atoms with E-state index in [-0.39, 0.29) is 24.5 Å². The molecule has 1 heterocycles. The molecule has 3 rings (SSSR count). The summed E-state index contributed by atoms with van der Waals surface area (Å²) in [6, 6.07) is 7.17. The van der Waals surface area contributed by atoms with Crippen molar-refractivity contribution < 1.29 is 23.5 Å². The van der Waals surface area contributed by atoms with E-state index in [1.54, 1.807) is 7.11 Å². The lowest BCUT2D eigenvalue weighted by Crippen LogP contribution is -2.36. The van der Waals surface area contributed by atoms with Crippen LogP contribution in [0.2, 0.25) is 0 Å². The van der Waals surface area contributed by atoms with Crippen LogP contribution in [0.15, 0.2) is 41.2 Å². The van der Waals surface area contributed by atoms with Crippen LogP contribution in [0.4, 0.5) is 0 Å². The lowest BCUT2D eigenvalue weighted by molar-refractivity contribution is -0.120. The van der Waals surface area contributed by atoms with Crippen molar-refractivity contribution in [3.8, 4) is 11.5 Å². The lowest BCUT2D eigenvalue weighted by atomic mass is 10.2. The van der Waals surface area contributed by atoms with Crippen LogP contribution in [0.1, 0.15) is 41.6 Å². The fourth-order valence-corrected chi connectivity index (χ4v) is 3.02. The second-order valence-electron chi connectivity index (χ2n) is 6.48. The second-order valence-corrected chi connectivity index (χ2v) is 6.48. The van der Waals surface area contributed by atoms with Crippen molar-refractivity contribution in [3.05, 3.63) is 47.9 Å². The van der Waals surface area contributed by atoms with Crippen LogP contribution in [0.3, 0.4) is 0 Å². The Kier molecular flexibility index (Phi) is 6.35. The number of amides is 2. The molecule has 0 aliphatic heterocycles. The first-order chi connectivity index (χ1) is 13.2. The van der Waals surface area contributed by atoms with Crippen molar-refractivity contribution in [2.75, 3.05) is 13.7 Å². The molecule has 27 heavy (non-hydrogen) atoms. The van der Waals surface area contributed by atoms with Crippen molar-refractivity contribution >= 4 is 11.8 Å². The summed E-state index contributed by atoms with van der Waals surface area (Å²) in [4.78, 5) is 23.7. The van der Waals surface area contributed by atoms with Crippen LogP contribution in [-0.2, 0) is 11.3 Å². The van der Waals surface area contributed by atoms with E-state index in [4.69, 9.17) is 13.9 Å². The topological polar surface area (TPSA) is 89.8 Å². The Morgan fingerprint density at radius 2 is 1.96 bits per heavy atom. The van der Waals surface area contributed by atoms with Crippen molar-refractivity contribution in [3.63, 3.8) is 0 Å². The molecule has 7 nitrogen and oxygen atoms in total. The first kappa shape index (κ1) is 18.8. The molecule has 1 saturated carbocycles. The number of rotatable bonds is 8. The number of hydrogen-bond donors (Lipinski definition) is 2. The van der Waals surface area contributed by atoms with E-state index in [1.165, 1.54) is 31.4 Å². The van der Waals surface area contributed by atoms with Gasteiger partial charge in [-0.25, -0.2) is 0 Å². The normalized spacial score (nSPS) is 14.0. The summed E-state index contributed by atoms with van der Waals surface area (Å²) in [5, 5.41) is 5.31. The third kappa shape index (κ3) is 5.26. The number of benzene rings is 1. The predicted molar refractivity (Wildman–Crippen MR) is 98.8 cm³/mol. The molecule has 0 saturated heterocycles. The molecule has 144 valence electrons. The first-order valence-electron chi connectivity index (χ1n) is 9.06. The molecule has 0 radical (unpaired) electrons. The van der Waals surface area contributed by atoms with Gasteiger partial charge in [-0.05, 0) is 49.4 Å². The van der Waals surface area contributed by atoms with Crippen LogP contribution in [-0.4, -0.2) is 31.6 Å². The molecule has 7 heteroatoms. The van der Waals surface area contributed by atoms with E-state index in [0.29, 0.717) is 17.9 Å². The number of ether oxygens (including phenoxy) is 2. The maximum atomic E-state index is 11.9. The van der Waals surface area contributed by atoms with Gasteiger partial charge in [-0.2, -0.15) is 0 Å². The number of furan rings is 1. The Labute approximate surface area is 158 Å². The van der Waals surface area contributed by atoms with Gasteiger partial charge in [0.1, 0.15) is 6.26 Å². The lowest BCUT2D eigenvalue weighted by Gasteiger charge is -2.16. The zero-order valence-electron chi connectivity index (χ0n) is 15.3. The smallest absolute Gasteiger partial charge is 0.254 e. The average Bonchev–Trinajstić information content (AvgIpc) is 3.39. The summed E-state index contributed by atoms with van der Waals surface area (Å²) in [6.07, 6.45) is 7.54. The van der Waals surface area contributed by atoms with Crippen molar-refractivity contribution in [1.29, 1.82) is 0 Å². The SMILES string of the molecule is COc1cc(CNC(=O)CNC(=O)c2ccoc2)ccc1OC1CCCC1. The Hall–Kier alpha value is -2.96. The van der Waals surface area contributed by atoms with E-state index in [0.717, 1.165) is 24.2 Å².